The van der Waals surface area contributed by atoms with E-state index in [4.69, 9.17) is 8.83 Å². The van der Waals surface area contributed by atoms with Crippen LogP contribution in [0.5, 0.6) is 0 Å². The molecule has 0 aliphatic heterocycles. The molecule has 0 atom stereocenters. The minimum atomic E-state index is -5.49. The third-order valence-corrected chi connectivity index (χ3v) is 12.7. The van der Waals surface area contributed by atoms with Crippen LogP contribution in [0.25, 0.3) is 89.0 Å². The molecule has 0 saturated carbocycles. The van der Waals surface area contributed by atoms with Gasteiger partial charge >= 0.3 is 37.1 Å². The molecule has 82 heavy (non-hydrogen) atoms. The van der Waals surface area contributed by atoms with Crippen molar-refractivity contribution in [3.05, 3.63) is 166 Å². The number of hydrogen-bond donors (Lipinski definition) is 0. The Bertz CT molecular complexity index is 3810. The molecule has 0 N–H and O–H groups in total. The second kappa shape index (κ2) is 20.1. The predicted molar refractivity (Wildman–Crippen MR) is 252 cm³/mol. The number of rotatable bonds is 8. The van der Waals surface area contributed by atoms with Crippen molar-refractivity contribution >= 4 is 22.2 Å². The fourth-order valence-electron chi connectivity index (χ4n) is 9.11. The summed E-state index contributed by atoms with van der Waals surface area (Å²) in [5.41, 5.74) is -20.1. The van der Waals surface area contributed by atoms with Crippen LogP contribution in [0.1, 0.15) is 57.0 Å². The molecule has 0 bridgehead atoms. The summed E-state index contributed by atoms with van der Waals surface area (Å²) in [6.45, 7) is 0. The second-order valence-corrected chi connectivity index (χ2v) is 17.8. The molecule has 0 amide bonds. The van der Waals surface area contributed by atoms with Crippen molar-refractivity contribution in [3.8, 4) is 91.0 Å². The zero-order chi connectivity index (χ0) is 59.8. The van der Waals surface area contributed by atoms with Crippen molar-refractivity contribution in [1.29, 1.82) is 21.0 Å². The van der Waals surface area contributed by atoms with Crippen molar-refractivity contribution in [2.45, 2.75) is 48.9 Å². The van der Waals surface area contributed by atoms with Crippen LogP contribution in [0.15, 0.2) is 130 Å². The van der Waals surface area contributed by atoms with Gasteiger partial charge in [0, 0.05) is 0 Å². The first-order valence-corrected chi connectivity index (χ1v) is 22.8. The maximum absolute atomic E-state index is 15.1. The van der Waals surface area contributed by atoms with E-state index >= 15 is 26.3 Å². The fraction of sp³-hybridized carbons (Fsp3) is 0.143. The van der Waals surface area contributed by atoms with Crippen molar-refractivity contribution < 1.29 is 87.9 Å². The van der Waals surface area contributed by atoms with Crippen molar-refractivity contribution in [2.75, 3.05) is 0 Å². The predicted octanol–water partition coefficient (Wildman–Crippen LogP) is 18.3. The average Bonchev–Trinajstić information content (AvgIpc) is 2.36. The highest BCUT2D eigenvalue weighted by atomic mass is 19.4. The SMILES string of the molecule is N#CC(C#N)c1nc2c(-c3ccccc3-c3ccc(-c4cc(C(F)(F)F)cc(C(F)(F)F)c4)c(C(F)(F)F)c3)c3oc(C(C#N)C#N)nc3c(-c3ccccc3-c3ccc(-c4cc(C(F)(F)F)cc(C(F)(F)F)c4)c(C(F)(F)F)c3)c2o1. The molecule has 0 fully saturated rings. The van der Waals surface area contributed by atoms with Gasteiger partial charge in [-0.3, -0.25) is 0 Å². The van der Waals surface area contributed by atoms with Gasteiger partial charge < -0.3 is 8.83 Å². The molecule has 8 nitrogen and oxygen atoms in total. The average molecular weight is 1150 g/mol. The summed E-state index contributed by atoms with van der Waals surface area (Å²) in [6.07, 6.45) is -32.8. The Morgan fingerprint density at radius 2 is 0.622 bits per heavy atom. The first-order chi connectivity index (χ1) is 38.3. The Morgan fingerprint density at radius 3 is 0.890 bits per heavy atom. The standard InChI is InChI=1S/C56H22F18N6O2/c57-51(58,59)31-13-27(14-32(19-31)52(60,61)62)37-11-9-25(17-41(37)55(69,70)71)35-5-1-3-7-39(35)43-45-48(82-49(79-45)29(21-75)22-76)44(46-47(43)81-50(80-46)30(23-77)24-78)40-8-4-2-6-36(40)26-10-12-38(42(18-26)56(72,73)74)28-15-33(53(63,64)65)20-34(16-28)54(66,67)68/h1-20,29-30H. The first kappa shape index (κ1) is 56.9. The van der Waals surface area contributed by atoms with E-state index in [0.29, 0.717) is 24.3 Å². The van der Waals surface area contributed by atoms with Gasteiger partial charge in [-0.25, -0.2) is 9.97 Å². The largest absolute Gasteiger partial charge is 0.437 e. The summed E-state index contributed by atoms with van der Waals surface area (Å²) >= 11 is 0. The number of benzene rings is 7. The number of oxazole rings is 2. The van der Waals surface area contributed by atoms with Gasteiger partial charge in [-0.15, -0.1) is 0 Å². The van der Waals surface area contributed by atoms with Crippen molar-refractivity contribution in [3.63, 3.8) is 0 Å². The minimum Gasteiger partial charge on any atom is -0.437 e. The summed E-state index contributed by atoms with van der Waals surface area (Å²) < 4.78 is 270. The zero-order valence-electron chi connectivity index (χ0n) is 40.0. The highest BCUT2D eigenvalue weighted by Gasteiger charge is 2.42. The molecular weight excluding hydrogens is 1130 g/mol. The number of halogens is 18. The van der Waals surface area contributed by atoms with E-state index in [1.807, 2.05) is 0 Å². The molecule has 0 unspecified atom stereocenters. The number of alkyl halides is 18. The highest BCUT2D eigenvalue weighted by molar-refractivity contribution is 6.18. The Morgan fingerprint density at radius 1 is 0.329 bits per heavy atom. The number of hydrogen-bond acceptors (Lipinski definition) is 8. The van der Waals surface area contributed by atoms with E-state index in [-0.39, 0.29) is 69.8 Å². The Labute approximate surface area is 446 Å². The molecular formula is C56H22F18N6O2. The van der Waals surface area contributed by atoms with Crippen LogP contribution in [0, 0.1) is 45.3 Å². The monoisotopic (exact) mass is 1150 g/mol. The number of fused-ring (bicyclic) bond motifs is 2. The lowest BCUT2D eigenvalue weighted by Gasteiger charge is -2.19. The molecule has 2 heterocycles. The van der Waals surface area contributed by atoms with Crippen molar-refractivity contribution in [1.82, 2.24) is 9.97 Å². The quantitative estimate of drug-likeness (QED) is 0.137. The molecule has 7 aromatic carbocycles. The van der Waals surface area contributed by atoms with Crippen LogP contribution in [-0.2, 0) is 37.1 Å². The smallest absolute Gasteiger partial charge is 0.417 e. The van der Waals surface area contributed by atoms with Gasteiger partial charge in [0.1, 0.15) is 11.0 Å². The third-order valence-electron chi connectivity index (χ3n) is 12.7. The van der Waals surface area contributed by atoms with Gasteiger partial charge in [-0.2, -0.15) is 100 Å². The number of aromatic nitrogens is 2. The normalized spacial score (nSPS) is 12.7. The Hall–Kier alpha value is -9.82. The molecule has 0 radical (unpaired) electrons. The van der Waals surface area contributed by atoms with E-state index in [1.165, 1.54) is 48.5 Å². The van der Waals surface area contributed by atoms with E-state index < -0.39 is 150 Å². The molecule has 9 aromatic rings. The van der Waals surface area contributed by atoms with Gasteiger partial charge in [0.2, 0.25) is 23.6 Å². The van der Waals surface area contributed by atoms with Gasteiger partial charge in [-0.05, 0) is 104 Å². The zero-order valence-corrected chi connectivity index (χ0v) is 40.0. The van der Waals surface area contributed by atoms with Crippen LogP contribution in [0.4, 0.5) is 79.0 Å². The molecule has 0 saturated heterocycles. The summed E-state index contributed by atoms with van der Waals surface area (Å²) in [6, 6.07) is 20.3. The topological polar surface area (TPSA) is 147 Å². The molecule has 0 spiro atoms. The van der Waals surface area contributed by atoms with Gasteiger partial charge in [-0.1, -0.05) is 72.8 Å². The Kier molecular flexibility index (Phi) is 13.9. The van der Waals surface area contributed by atoms with E-state index in [1.54, 1.807) is 24.3 Å². The van der Waals surface area contributed by atoms with Crippen LogP contribution in [0.2, 0.25) is 0 Å². The fourth-order valence-corrected chi connectivity index (χ4v) is 9.11. The lowest BCUT2D eigenvalue weighted by atomic mass is 9.87. The van der Waals surface area contributed by atoms with Crippen LogP contribution < -0.4 is 0 Å². The number of nitriles is 4. The molecule has 9 rings (SSSR count). The first-order valence-electron chi connectivity index (χ1n) is 22.8. The third kappa shape index (κ3) is 10.6. The molecule has 414 valence electrons. The maximum atomic E-state index is 15.1. The van der Waals surface area contributed by atoms with Gasteiger partial charge in [0.25, 0.3) is 0 Å². The number of nitrogens with zero attached hydrogens (tertiary/aromatic N) is 6. The summed E-state index contributed by atoms with van der Waals surface area (Å²) in [5, 5.41) is 40.0. The van der Waals surface area contributed by atoms with Crippen LogP contribution in [0.3, 0.4) is 0 Å². The lowest BCUT2D eigenvalue weighted by Crippen LogP contribution is -2.12. The molecule has 2 aromatic heterocycles. The lowest BCUT2D eigenvalue weighted by molar-refractivity contribution is -0.144. The molecule has 26 heteroatoms. The van der Waals surface area contributed by atoms with Crippen LogP contribution >= 0.6 is 0 Å². The summed E-state index contributed by atoms with van der Waals surface area (Å²) in [4.78, 5) is 8.81. The van der Waals surface area contributed by atoms with Gasteiger partial charge in [0.15, 0.2) is 11.2 Å². The van der Waals surface area contributed by atoms with Gasteiger partial charge in [0.05, 0.1) is 68.8 Å². The van der Waals surface area contributed by atoms with Crippen LogP contribution in [-0.4, -0.2) is 9.97 Å². The molecule has 0 aliphatic rings. The maximum Gasteiger partial charge on any atom is 0.417 e. The summed E-state index contributed by atoms with van der Waals surface area (Å²) in [7, 11) is 0. The summed E-state index contributed by atoms with van der Waals surface area (Å²) in [5.74, 6) is -5.13. The van der Waals surface area contributed by atoms with E-state index in [0.717, 1.165) is 12.1 Å². The Balaban J connectivity index is 1.34. The second-order valence-electron chi connectivity index (χ2n) is 17.8. The minimum absolute atomic E-state index is 0.0940. The van der Waals surface area contributed by atoms with E-state index in [9.17, 15) is 73.7 Å². The molecule has 0 aliphatic carbocycles. The van der Waals surface area contributed by atoms with E-state index in [2.05, 4.69) is 9.97 Å². The van der Waals surface area contributed by atoms with Crippen molar-refractivity contribution in [2.24, 2.45) is 0 Å². The highest BCUT2D eigenvalue weighted by Crippen LogP contribution is 2.52.